The Balaban J connectivity index is 3.30. The molecule has 0 saturated carbocycles. The van der Waals surface area contributed by atoms with Crippen LogP contribution in [0.1, 0.15) is 12.8 Å². The number of nitrogens with two attached hydrogens (primary N) is 1. The Bertz CT molecular complexity index is 198. The van der Waals surface area contributed by atoms with Gasteiger partial charge in [-0.05, 0) is 12.2 Å². The van der Waals surface area contributed by atoms with Gasteiger partial charge in [-0.25, -0.2) is 0 Å². The third kappa shape index (κ3) is 6.73. The summed E-state index contributed by atoms with van der Waals surface area (Å²) >= 11 is 1.50. The first-order chi connectivity index (χ1) is 6.57. The van der Waals surface area contributed by atoms with Crippen LogP contribution in [0.5, 0.6) is 0 Å². The largest absolute Gasteiger partial charge is 0.480 e. The molecule has 0 aromatic heterocycles. The number of carboxylic acid groups (broad SMARTS) is 1. The van der Waals surface area contributed by atoms with Crippen molar-refractivity contribution in [3.05, 3.63) is 0 Å². The highest BCUT2D eigenvalue weighted by atomic mass is 32.2. The molecule has 6 heteroatoms. The molecule has 82 valence electrons. The summed E-state index contributed by atoms with van der Waals surface area (Å²) in [5.41, 5.74) is 5.28. The number of hydrogen-bond donors (Lipinski definition) is 2. The van der Waals surface area contributed by atoms with Gasteiger partial charge < -0.3 is 15.6 Å². The van der Waals surface area contributed by atoms with Gasteiger partial charge in [0.1, 0.15) is 6.04 Å². The average molecular weight is 221 g/mol. The van der Waals surface area contributed by atoms with Crippen molar-refractivity contribution in [1.82, 2.24) is 0 Å². The molecule has 0 amide bonds. The molecule has 0 rings (SSSR count). The zero-order valence-electron chi connectivity index (χ0n) is 8.06. The number of ether oxygens (including phenoxy) is 1. The zero-order valence-corrected chi connectivity index (χ0v) is 8.88. The van der Waals surface area contributed by atoms with Gasteiger partial charge in [0.25, 0.3) is 0 Å². The van der Waals surface area contributed by atoms with Gasteiger partial charge in [-0.3, -0.25) is 9.59 Å². The normalized spacial score (nSPS) is 12.1. The first-order valence-corrected chi connectivity index (χ1v) is 5.36. The van der Waals surface area contributed by atoms with Crippen LogP contribution in [-0.4, -0.2) is 41.7 Å². The van der Waals surface area contributed by atoms with Gasteiger partial charge in [-0.15, -0.1) is 0 Å². The van der Waals surface area contributed by atoms with Crippen molar-refractivity contribution in [3.8, 4) is 0 Å². The Kier molecular flexibility index (Phi) is 7.23. The third-order valence-electron chi connectivity index (χ3n) is 1.57. The number of hydrogen-bond acceptors (Lipinski definition) is 5. The van der Waals surface area contributed by atoms with Gasteiger partial charge in [0, 0.05) is 5.75 Å². The summed E-state index contributed by atoms with van der Waals surface area (Å²) < 4.78 is 4.45. The molecule has 3 N–H and O–H groups in total. The lowest BCUT2D eigenvalue weighted by Crippen LogP contribution is -2.30. The summed E-state index contributed by atoms with van der Waals surface area (Å²) in [6.07, 6.45) is 0.769. The number of esters is 1. The van der Waals surface area contributed by atoms with Crippen molar-refractivity contribution < 1.29 is 19.4 Å². The van der Waals surface area contributed by atoms with E-state index >= 15 is 0 Å². The van der Waals surface area contributed by atoms with Crippen molar-refractivity contribution in [2.45, 2.75) is 18.9 Å². The second-order valence-electron chi connectivity index (χ2n) is 2.67. The van der Waals surface area contributed by atoms with E-state index < -0.39 is 12.0 Å². The molecule has 0 aliphatic carbocycles. The van der Waals surface area contributed by atoms with Crippen LogP contribution in [0.4, 0.5) is 0 Å². The van der Waals surface area contributed by atoms with E-state index in [0.29, 0.717) is 24.3 Å². The molecular weight excluding hydrogens is 206 g/mol. The van der Waals surface area contributed by atoms with E-state index in [1.807, 2.05) is 0 Å². The number of aliphatic carboxylic acids is 1. The molecule has 0 spiro atoms. The Morgan fingerprint density at radius 1 is 1.50 bits per heavy atom. The highest BCUT2D eigenvalue weighted by molar-refractivity contribution is 7.99. The van der Waals surface area contributed by atoms with E-state index in [2.05, 4.69) is 4.74 Å². The maximum Gasteiger partial charge on any atom is 0.320 e. The molecule has 0 aliphatic heterocycles. The molecule has 0 radical (unpaired) electrons. The second-order valence-corrected chi connectivity index (χ2v) is 3.90. The predicted octanol–water partition coefficient (Wildman–Crippen LogP) is 0.0847. The van der Waals surface area contributed by atoms with Crippen LogP contribution in [-0.2, 0) is 14.3 Å². The molecule has 0 heterocycles. The Morgan fingerprint density at radius 2 is 2.14 bits per heavy atom. The summed E-state index contributed by atoms with van der Waals surface area (Å²) in [4.78, 5) is 21.0. The van der Waals surface area contributed by atoms with Gasteiger partial charge >= 0.3 is 11.9 Å². The van der Waals surface area contributed by atoms with Crippen LogP contribution < -0.4 is 5.73 Å². The monoisotopic (exact) mass is 221 g/mol. The Labute approximate surface area is 87.0 Å². The minimum absolute atomic E-state index is 0.250. The molecule has 5 nitrogen and oxygen atoms in total. The first kappa shape index (κ1) is 13.2. The van der Waals surface area contributed by atoms with Gasteiger partial charge in [-0.2, -0.15) is 11.8 Å². The van der Waals surface area contributed by atoms with Crippen molar-refractivity contribution in [1.29, 1.82) is 0 Å². The minimum atomic E-state index is -0.987. The maximum atomic E-state index is 10.7. The van der Waals surface area contributed by atoms with Crippen LogP contribution in [0.2, 0.25) is 0 Å². The van der Waals surface area contributed by atoms with Crippen LogP contribution in [0.3, 0.4) is 0 Å². The summed E-state index contributed by atoms with van der Waals surface area (Å²) in [6, 6.07) is -0.805. The number of rotatable bonds is 7. The van der Waals surface area contributed by atoms with Crippen LogP contribution >= 0.6 is 11.8 Å². The fourth-order valence-corrected chi connectivity index (χ4v) is 1.63. The van der Waals surface area contributed by atoms with Gasteiger partial charge in [0.15, 0.2) is 0 Å². The maximum absolute atomic E-state index is 10.7. The number of thioether (sulfide) groups is 1. The quantitative estimate of drug-likeness (QED) is 0.467. The van der Waals surface area contributed by atoms with Crippen molar-refractivity contribution in [3.63, 3.8) is 0 Å². The molecule has 0 aliphatic rings. The Hall–Kier alpha value is -0.750. The summed E-state index contributed by atoms with van der Waals surface area (Å²) in [5, 5.41) is 8.46. The predicted molar refractivity (Wildman–Crippen MR) is 54.2 cm³/mol. The van der Waals surface area contributed by atoms with E-state index in [9.17, 15) is 9.59 Å². The van der Waals surface area contributed by atoms with E-state index in [4.69, 9.17) is 10.8 Å². The summed E-state index contributed by atoms with van der Waals surface area (Å²) in [7, 11) is 1.34. The lowest BCUT2D eigenvalue weighted by atomic mass is 10.2. The molecule has 0 saturated heterocycles. The van der Waals surface area contributed by atoms with Crippen molar-refractivity contribution in [2.24, 2.45) is 5.73 Å². The molecule has 14 heavy (non-hydrogen) atoms. The van der Waals surface area contributed by atoms with Crippen LogP contribution in [0.25, 0.3) is 0 Å². The average Bonchev–Trinajstić information content (AvgIpc) is 2.16. The SMILES string of the molecule is COC(=O)CCSCCC(N)C(=O)O. The highest BCUT2D eigenvalue weighted by Crippen LogP contribution is 2.06. The number of carboxylic acids is 1. The number of methoxy groups -OCH3 is 1. The molecule has 0 bridgehead atoms. The standard InChI is InChI=1S/C8H15NO4S/c1-13-7(10)3-5-14-4-2-6(9)8(11)12/h6H,2-5,9H2,1H3,(H,11,12). The van der Waals surface area contributed by atoms with Crippen molar-refractivity contribution in [2.75, 3.05) is 18.6 Å². The number of carbonyl (C=O) groups excluding carboxylic acids is 1. The molecule has 0 aromatic carbocycles. The van der Waals surface area contributed by atoms with Crippen molar-refractivity contribution >= 4 is 23.7 Å². The van der Waals surface area contributed by atoms with E-state index in [1.54, 1.807) is 0 Å². The fraction of sp³-hybridized carbons (Fsp3) is 0.750. The Morgan fingerprint density at radius 3 is 2.64 bits per heavy atom. The zero-order chi connectivity index (χ0) is 11.0. The minimum Gasteiger partial charge on any atom is -0.480 e. The van der Waals surface area contributed by atoms with Gasteiger partial charge in [0.05, 0.1) is 13.5 Å². The molecule has 1 unspecified atom stereocenters. The number of carbonyl (C=O) groups is 2. The smallest absolute Gasteiger partial charge is 0.320 e. The highest BCUT2D eigenvalue weighted by Gasteiger charge is 2.10. The molecule has 0 fully saturated rings. The molecule has 1 atom stereocenters. The van der Waals surface area contributed by atoms with Gasteiger partial charge in [-0.1, -0.05) is 0 Å². The van der Waals surface area contributed by atoms with E-state index in [0.717, 1.165) is 0 Å². The lowest BCUT2D eigenvalue weighted by Gasteiger charge is -2.05. The fourth-order valence-electron chi connectivity index (χ4n) is 0.693. The lowest BCUT2D eigenvalue weighted by molar-refractivity contribution is -0.140. The first-order valence-electron chi connectivity index (χ1n) is 4.21. The topological polar surface area (TPSA) is 89.6 Å². The summed E-state index contributed by atoms with van der Waals surface area (Å²) in [6.45, 7) is 0. The summed E-state index contributed by atoms with van der Waals surface area (Å²) in [5.74, 6) is 0.0438. The van der Waals surface area contributed by atoms with E-state index in [-0.39, 0.29) is 5.97 Å². The third-order valence-corrected chi connectivity index (χ3v) is 2.59. The molecular formula is C8H15NO4S. The van der Waals surface area contributed by atoms with Gasteiger partial charge in [0.2, 0.25) is 0 Å². The van der Waals surface area contributed by atoms with E-state index in [1.165, 1.54) is 18.9 Å². The van der Waals surface area contributed by atoms with Crippen LogP contribution in [0.15, 0.2) is 0 Å². The molecule has 0 aromatic rings. The second kappa shape index (κ2) is 7.64. The van der Waals surface area contributed by atoms with Crippen LogP contribution in [0, 0.1) is 0 Å².